The third-order valence-corrected chi connectivity index (χ3v) is 4.61. The number of aromatic nitrogens is 2. The maximum Gasteiger partial charge on any atom is 0.260 e. The number of halogens is 1. The van der Waals surface area contributed by atoms with Crippen LogP contribution in [0.5, 0.6) is 0 Å². The SMILES string of the molecule is CC(CCO)NS(=O)(=O)c1c(Cl)nc2ccccn12. The predicted molar refractivity (Wildman–Crippen MR) is 71.7 cm³/mol. The first-order valence-electron chi connectivity index (χ1n) is 5.71. The van der Waals surface area contributed by atoms with Gasteiger partial charge in [0, 0.05) is 18.8 Å². The van der Waals surface area contributed by atoms with Gasteiger partial charge in [0.25, 0.3) is 10.0 Å². The molecule has 2 rings (SSSR count). The zero-order valence-corrected chi connectivity index (χ0v) is 11.8. The van der Waals surface area contributed by atoms with E-state index in [0.717, 1.165) is 0 Å². The van der Waals surface area contributed by atoms with Gasteiger partial charge in [-0.05, 0) is 25.5 Å². The first-order valence-corrected chi connectivity index (χ1v) is 7.57. The monoisotopic (exact) mass is 303 g/mol. The molecule has 0 saturated carbocycles. The van der Waals surface area contributed by atoms with Crippen molar-refractivity contribution in [1.82, 2.24) is 14.1 Å². The minimum Gasteiger partial charge on any atom is -0.396 e. The summed E-state index contributed by atoms with van der Waals surface area (Å²) in [6.07, 6.45) is 1.91. The Kier molecular flexibility index (Phi) is 4.10. The van der Waals surface area contributed by atoms with Crippen LogP contribution in [0.25, 0.3) is 5.65 Å². The Morgan fingerprint density at radius 3 is 2.95 bits per heavy atom. The molecule has 0 saturated heterocycles. The second kappa shape index (κ2) is 5.46. The number of hydrogen-bond donors (Lipinski definition) is 2. The van der Waals surface area contributed by atoms with E-state index in [1.807, 2.05) is 0 Å². The highest BCUT2D eigenvalue weighted by atomic mass is 35.5. The van der Waals surface area contributed by atoms with Crippen molar-refractivity contribution in [3.63, 3.8) is 0 Å². The van der Waals surface area contributed by atoms with Gasteiger partial charge in [-0.1, -0.05) is 17.7 Å². The number of fused-ring (bicyclic) bond motifs is 1. The number of rotatable bonds is 5. The van der Waals surface area contributed by atoms with Gasteiger partial charge in [0.05, 0.1) is 0 Å². The fraction of sp³-hybridized carbons (Fsp3) is 0.364. The van der Waals surface area contributed by atoms with Gasteiger partial charge >= 0.3 is 0 Å². The quantitative estimate of drug-likeness (QED) is 0.864. The molecule has 0 aromatic carbocycles. The predicted octanol–water partition coefficient (Wildman–Crippen LogP) is 1.04. The highest BCUT2D eigenvalue weighted by Gasteiger charge is 2.25. The van der Waals surface area contributed by atoms with E-state index in [2.05, 4.69) is 9.71 Å². The third-order valence-electron chi connectivity index (χ3n) is 2.62. The van der Waals surface area contributed by atoms with Crippen LogP contribution in [0, 0.1) is 0 Å². The molecular weight excluding hydrogens is 290 g/mol. The molecule has 2 aromatic heterocycles. The normalized spacial score (nSPS) is 13.8. The zero-order chi connectivity index (χ0) is 14.0. The molecule has 1 unspecified atom stereocenters. The summed E-state index contributed by atoms with van der Waals surface area (Å²) >= 11 is 5.91. The Bertz CT molecular complexity index is 684. The van der Waals surface area contributed by atoms with Gasteiger partial charge < -0.3 is 5.11 Å². The molecular formula is C11H14ClN3O3S. The highest BCUT2D eigenvalue weighted by Crippen LogP contribution is 2.22. The van der Waals surface area contributed by atoms with Crippen LogP contribution in [-0.4, -0.2) is 35.6 Å². The molecule has 0 amide bonds. The largest absolute Gasteiger partial charge is 0.396 e. The van der Waals surface area contributed by atoms with Crippen LogP contribution >= 0.6 is 11.6 Å². The first kappa shape index (κ1) is 14.3. The summed E-state index contributed by atoms with van der Waals surface area (Å²) in [5.74, 6) is 0. The molecule has 0 radical (unpaired) electrons. The maximum atomic E-state index is 12.3. The lowest BCUT2D eigenvalue weighted by molar-refractivity contribution is 0.275. The van der Waals surface area contributed by atoms with E-state index in [9.17, 15) is 8.42 Å². The average Bonchev–Trinajstić information content (AvgIpc) is 2.64. The number of aliphatic hydroxyl groups excluding tert-OH is 1. The van der Waals surface area contributed by atoms with Gasteiger partial charge in [0.1, 0.15) is 5.65 Å². The van der Waals surface area contributed by atoms with Gasteiger partial charge in [-0.2, -0.15) is 0 Å². The number of nitrogens with one attached hydrogen (secondary N) is 1. The third kappa shape index (κ3) is 2.89. The Balaban J connectivity index is 2.46. The number of sulfonamides is 1. The standard InChI is InChI=1S/C11H14ClN3O3S/c1-8(5-7-16)14-19(17,18)11-10(12)13-9-4-2-3-6-15(9)11/h2-4,6,8,14,16H,5,7H2,1H3. The van der Waals surface area contributed by atoms with Crippen LogP contribution in [0.3, 0.4) is 0 Å². The van der Waals surface area contributed by atoms with Crippen LogP contribution in [-0.2, 0) is 10.0 Å². The highest BCUT2D eigenvalue weighted by molar-refractivity contribution is 7.89. The van der Waals surface area contributed by atoms with Crippen LogP contribution in [0.2, 0.25) is 5.15 Å². The molecule has 0 spiro atoms. The van der Waals surface area contributed by atoms with Crippen LogP contribution in [0.4, 0.5) is 0 Å². The van der Waals surface area contributed by atoms with E-state index in [1.54, 1.807) is 31.3 Å². The first-order chi connectivity index (χ1) is 8.95. The van der Waals surface area contributed by atoms with E-state index in [4.69, 9.17) is 16.7 Å². The van der Waals surface area contributed by atoms with Gasteiger partial charge in [0.15, 0.2) is 10.2 Å². The summed E-state index contributed by atoms with van der Waals surface area (Å²) in [4.78, 5) is 3.99. The Morgan fingerprint density at radius 2 is 2.26 bits per heavy atom. The topological polar surface area (TPSA) is 83.7 Å². The van der Waals surface area contributed by atoms with Gasteiger partial charge in [0.2, 0.25) is 0 Å². The van der Waals surface area contributed by atoms with Gasteiger partial charge in [-0.25, -0.2) is 18.1 Å². The molecule has 0 fully saturated rings. The number of aliphatic hydroxyl groups is 1. The number of pyridine rings is 1. The van der Waals surface area contributed by atoms with Crippen molar-refractivity contribution in [1.29, 1.82) is 0 Å². The second-order valence-electron chi connectivity index (χ2n) is 4.17. The fourth-order valence-corrected chi connectivity index (χ4v) is 3.68. The molecule has 2 N–H and O–H groups in total. The summed E-state index contributed by atoms with van der Waals surface area (Å²) < 4.78 is 28.4. The molecule has 104 valence electrons. The smallest absolute Gasteiger partial charge is 0.260 e. The van der Waals surface area contributed by atoms with E-state index in [1.165, 1.54) is 4.40 Å². The summed E-state index contributed by atoms with van der Waals surface area (Å²) in [5.41, 5.74) is 0.461. The molecule has 19 heavy (non-hydrogen) atoms. The molecule has 0 bridgehead atoms. The summed E-state index contributed by atoms with van der Waals surface area (Å²) in [5, 5.41) is 8.65. The van der Waals surface area contributed by atoms with Crippen molar-refractivity contribution in [2.45, 2.75) is 24.4 Å². The van der Waals surface area contributed by atoms with Crippen LogP contribution in [0.15, 0.2) is 29.4 Å². The Labute approximate surface area is 116 Å². The Hall–Kier alpha value is -1.15. The van der Waals surface area contributed by atoms with Gasteiger partial charge in [-0.15, -0.1) is 0 Å². The molecule has 2 aromatic rings. The van der Waals surface area contributed by atoms with Crippen molar-refractivity contribution in [3.8, 4) is 0 Å². The molecule has 2 heterocycles. The summed E-state index contributed by atoms with van der Waals surface area (Å²) in [7, 11) is -3.79. The molecule has 8 heteroatoms. The maximum absolute atomic E-state index is 12.3. The lowest BCUT2D eigenvalue weighted by Crippen LogP contribution is -2.34. The minimum absolute atomic E-state index is 0.0742. The van der Waals surface area contributed by atoms with E-state index in [0.29, 0.717) is 12.1 Å². The van der Waals surface area contributed by atoms with Crippen molar-refractivity contribution in [2.75, 3.05) is 6.61 Å². The molecule has 0 aliphatic carbocycles. The van der Waals surface area contributed by atoms with Crippen molar-refractivity contribution in [3.05, 3.63) is 29.5 Å². The zero-order valence-electron chi connectivity index (χ0n) is 10.2. The fourth-order valence-electron chi connectivity index (χ4n) is 1.76. The number of hydrogen-bond acceptors (Lipinski definition) is 4. The van der Waals surface area contributed by atoms with Crippen LogP contribution < -0.4 is 4.72 Å². The Morgan fingerprint density at radius 1 is 1.53 bits per heavy atom. The lowest BCUT2D eigenvalue weighted by atomic mass is 10.3. The minimum atomic E-state index is -3.79. The van der Waals surface area contributed by atoms with Crippen LogP contribution in [0.1, 0.15) is 13.3 Å². The molecule has 0 aliphatic heterocycles. The summed E-state index contributed by atoms with van der Waals surface area (Å²) in [6, 6.07) is 4.72. The molecule has 0 aliphatic rings. The lowest BCUT2D eigenvalue weighted by Gasteiger charge is -2.12. The number of imidazole rings is 1. The van der Waals surface area contributed by atoms with Crippen molar-refractivity contribution in [2.24, 2.45) is 0 Å². The average molecular weight is 304 g/mol. The molecule has 1 atom stereocenters. The number of nitrogens with zero attached hydrogens (tertiary/aromatic N) is 2. The van der Waals surface area contributed by atoms with Gasteiger partial charge in [-0.3, -0.25) is 4.40 Å². The van der Waals surface area contributed by atoms with E-state index < -0.39 is 10.0 Å². The molecule has 6 nitrogen and oxygen atoms in total. The van der Waals surface area contributed by atoms with Crippen molar-refractivity contribution < 1.29 is 13.5 Å². The van der Waals surface area contributed by atoms with Crippen molar-refractivity contribution >= 4 is 27.3 Å². The van der Waals surface area contributed by atoms with E-state index >= 15 is 0 Å². The second-order valence-corrected chi connectivity index (χ2v) is 6.16. The summed E-state index contributed by atoms with van der Waals surface area (Å²) in [6.45, 7) is 1.58. The van der Waals surface area contributed by atoms with E-state index in [-0.39, 0.29) is 22.8 Å².